The van der Waals surface area contributed by atoms with Gasteiger partial charge in [0.15, 0.2) is 0 Å². The highest BCUT2D eigenvalue weighted by Crippen LogP contribution is 2.15. The number of benzene rings is 2. The van der Waals surface area contributed by atoms with Crippen LogP contribution in [0.15, 0.2) is 54.6 Å². The van der Waals surface area contributed by atoms with Crippen molar-refractivity contribution in [2.24, 2.45) is 0 Å². The Balaban J connectivity index is 1.69. The zero-order valence-electron chi connectivity index (χ0n) is 13.4. The predicted octanol–water partition coefficient (Wildman–Crippen LogP) is 3.73. The van der Waals surface area contributed by atoms with E-state index in [2.05, 4.69) is 16.0 Å². The molecular formula is C18H20ClN3O2. The molecule has 0 radical (unpaired) electrons. The third-order valence-corrected chi connectivity index (χ3v) is 3.67. The van der Waals surface area contributed by atoms with E-state index >= 15 is 0 Å². The Kier molecular flexibility index (Phi) is 6.63. The Bertz CT molecular complexity index is 674. The van der Waals surface area contributed by atoms with E-state index in [0.29, 0.717) is 10.7 Å². The summed E-state index contributed by atoms with van der Waals surface area (Å²) in [6.45, 7) is 2.16. The zero-order valence-corrected chi connectivity index (χ0v) is 14.1. The number of rotatable bonds is 6. The Morgan fingerprint density at radius 2 is 1.71 bits per heavy atom. The lowest BCUT2D eigenvalue weighted by Crippen LogP contribution is -2.34. The molecule has 0 saturated heterocycles. The molecule has 5 nitrogen and oxygen atoms in total. The average molecular weight is 346 g/mol. The molecule has 1 atom stereocenters. The minimum Gasteiger partial charge on any atom is -0.350 e. The number of carbonyl (C=O) groups is 2. The number of amides is 3. The van der Waals surface area contributed by atoms with Gasteiger partial charge in [0.05, 0.1) is 6.04 Å². The molecule has 2 rings (SSSR count). The molecule has 24 heavy (non-hydrogen) atoms. The van der Waals surface area contributed by atoms with Gasteiger partial charge >= 0.3 is 6.03 Å². The first-order valence-electron chi connectivity index (χ1n) is 7.69. The van der Waals surface area contributed by atoms with Crippen LogP contribution in [-0.4, -0.2) is 18.5 Å². The van der Waals surface area contributed by atoms with Crippen molar-refractivity contribution in [2.45, 2.75) is 19.4 Å². The summed E-state index contributed by atoms with van der Waals surface area (Å²) < 4.78 is 0. The average Bonchev–Trinajstić information content (AvgIpc) is 2.56. The van der Waals surface area contributed by atoms with E-state index in [-0.39, 0.29) is 30.9 Å². The molecule has 0 saturated carbocycles. The number of hydrogen-bond acceptors (Lipinski definition) is 2. The van der Waals surface area contributed by atoms with Crippen LogP contribution in [0, 0.1) is 0 Å². The van der Waals surface area contributed by atoms with Crippen molar-refractivity contribution >= 4 is 29.2 Å². The van der Waals surface area contributed by atoms with Gasteiger partial charge in [0, 0.05) is 23.7 Å². The molecule has 0 aliphatic rings. The molecule has 126 valence electrons. The van der Waals surface area contributed by atoms with Crippen molar-refractivity contribution in [3.63, 3.8) is 0 Å². The lowest BCUT2D eigenvalue weighted by Gasteiger charge is -2.14. The molecule has 6 heteroatoms. The Morgan fingerprint density at radius 1 is 1.04 bits per heavy atom. The molecule has 2 aromatic rings. The molecule has 0 aromatic heterocycles. The molecule has 3 amide bonds. The SMILES string of the molecule is C[C@H](NC(=O)CCNC(=O)Nc1ccccc1)c1ccc(Cl)cc1. The molecule has 0 bridgehead atoms. The van der Waals surface area contributed by atoms with Gasteiger partial charge in [0.2, 0.25) is 5.91 Å². The normalized spacial score (nSPS) is 11.4. The maximum absolute atomic E-state index is 11.9. The first-order valence-corrected chi connectivity index (χ1v) is 8.07. The summed E-state index contributed by atoms with van der Waals surface area (Å²) in [5, 5.41) is 8.89. The van der Waals surface area contributed by atoms with Crippen LogP contribution >= 0.6 is 11.6 Å². The van der Waals surface area contributed by atoms with E-state index in [4.69, 9.17) is 11.6 Å². The predicted molar refractivity (Wildman–Crippen MR) is 96.1 cm³/mol. The highest BCUT2D eigenvalue weighted by atomic mass is 35.5. The highest BCUT2D eigenvalue weighted by Gasteiger charge is 2.10. The molecule has 0 heterocycles. The third-order valence-electron chi connectivity index (χ3n) is 3.42. The van der Waals surface area contributed by atoms with Gasteiger partial charge in [-0.25, -0.2) is 4.79 Å². The van der Waals surface area contributed by atoms with E-state index in [1.165, 1.54) is 0 Å². The summed E-state index contributed by atoms with van der Waals surface area (Å²) in [6, 6.07) is 16.0. The fraction of sp³-hybridized carbons (Fsp3) is 0.222. The minimum absolute atomic E-state index is 0.118. The van der Waals surface area contributed by atoms with E-state index < -0.39 is 0 Å². The smallest absolute Gasteiger partial charge is 0.319 e. The van der Waals surface area contributed by atoms with Crippen molar-refractivity contribution in [2.75, 3.05) is 11.9 Å². The number of para-hydroxylation sites is 1. The fourth-order valence-corrected chi connectivity index (χ4v) is 2.26. The van der Waals surface area contributed by atoms with Crippen LogP contribution in [0.1, 0.15) is 24.9 Å². The van der Waals surface area contributed by atoms with Gasteiger partial charge in [0.25, 0.3) is 0 Å². The van der Waals surface area contributed by atoms with Crippen molar-refractivity contribution in [3.05, 3.63) is 65.2 Å². The second-order valence-electron chi connectivity index (χ2n) is 5.34. The number of nitrogens with one attached hydrogen (secondary N) is 3. The molecule has 0 fully saturated rings. The Morgan fingerprint density at radius 3 is 2.38 bits per heavy atom. The molecule has 0 aliphatic heterocycles. The summed E-state index contributed by atoms with van der Waals surface area (Å²) >= 11 is 5.84. The third kappa shape index (κ3) is 5.93. The first kappa shape index (κ1) is 17.8. The lowest BCUT2D eigenvalue weighted by molar-refractivity contribution is -0.121. The van der Waals surface area contributed by atoms with Gasteiger partial charge in [-0.3, -0.25) is 4.79 Å². The molecule has 2 aromatic carbocycles. The van der Waals surface area contributed by atoms with Crippen LogP contribution in [0.25, 0.3) is 0 Å². The number of anilines is 1. The molecule has 0 unspecified atom stereocenters. The number of urea groups is 1. The van der Waals surface area contributed by atoms with Crippen LogP contribution in [0.4, 0.5) is 10.5 Å². The van der Waals surface area contributed by atoms with Crippen LogP contribution < -0.4 is 16.0 Å². The monoisotopic (exact) mass is 345 g/mol. The van der Waals surface area contributed by atoms with Crippen LogP contribution in [-0.2, 0) is 4.79 Å². The number of carbonyl (C=O) groups excluding carboxylic acids is 2. The summed E-state index contributed by atoms with van der Waals surface area (Å²) in [5.74, 6) is -0.127. The Hall–Kier alpha value is -2.53. The van der Waals surface area contributed by atoms with E-state index in [9.17, 15) is 9.59 Å². The van der Waals surface area contributed by atoms with E-state index in [1.807, 2.05) is 37.3 Å². The van der Waals surface area contributed by atoms with Gasteiger partial charge in [-0.05, 0) is 36.8 Å². The quantitative estimate of drug-likeness (QED) is 0.746. The van der Waals surface area contributed by atoms with Gasteiger partial charge in [0.1, 0.15) is 0 Å². The van der Waals surface area contributed by atoms with Gasteiger partial charge in [-0.2, -0.15) is 0 Å². The molecule has 3 N–H and O–H groups in total. The second kappa shape index (κ2) is 8.93. The minimum atomic E-state index is -0.334. The standard InChI is InChI=1S/C18H20ClN3O2/c1-13(14-7-9-15(19)10-8-14)21-17(23)11-12-20-18(24)22-16-5-3-2-4-6-16/h2-10,13H,11-12H2,1H3,(H,21,23)(H2,20,22,24)/t13-/m0/s1. The topological polar surface area (TPSA) is 70.2 Å². The highest BCUT2D eigenvalue weighted by molar-refractivity contribution is 6.30. The molecule has 0 spiro atoms. The van der Waals surface area contributed by atoms with Crippen LogP contribution in [0.5, 0.6) is 0 Å². The van der Waals surface area contributed by atoms with Crippen molar-refractivity contribution in [1.29, 1.82) is 0 Å². The van der Waals surface area contributed by atoms with Crippen molar-refractivity contribution < 1.29 is 9.59 Å². The van der Waals surface area contributed by atoms with Crippen LogP contribution in [0.2, 0.25) is 5.02 Å². The van der Waals surface area contributed by atoms with Crippen LogP contribution in [0.3, 0.4) is 0 Å². The van der Waals surface area contributed by atoms with Gasteiger partial charge in [-0.1, -0.05) is 41.9 Å². The molecule has 0 aliphatic carbocycles. The van der Waals surface area contributed by atoms with Crippen molar-refractivity contribution in [1.82, 2.24) is 10.6 Å². The summed E-state index contributed by atoms with van der Waals surface area (Å²) in [7, 11) is 0. The Labute approximate surface area is 146 Å². The van der Waals surface area contributed by atoms with E-state index in [0.717, 1.165) is 5.56 Å². The fourth-order valence-electron chi connectivity index (χ4n) is 2.13. The summed E-state index contributed by atoms with van der Waals surface area (Å²) in [4.78, 5) is 23.6. The first-order chi connectivity index (χ1) is 11.5. The summed E-state index contributed by atoms with van der Waals surface area (Å²) in [6.07, 6.45) is 0.208. The maximum atomic E-state index is 11.9. The zero-order chi connectivity index (χ0) is 17.4. The molecular weight excluding hydrogens is 326 g/mol. The number of halogens is 1. The van der Waals surface area contributed by atoms with Gasteiger partial charge < -0.3 is 16.0 Å². The van der Waals surface area contributed by atoms with Crippen molar-refractivity contribution in [3.8, 4) is 0 Å². The number of hydrogen-bond donors (Lipinski definition) is 3. The summed E-state index contributed by atoms with van der Waals surface area (Å²) in [5.41, 5.74) is 1.68. The van der Waals surface area contributed by atoms with E-state index in [1.54, 1.807) is 24.3 Å². The maximum Gasteiger partial charge on any atom is 0.319 e. The van der Waals surface area contributed by atoms with Gasteiger partial charge in [-0.15, -0.1) is 0 Å². The lowest BCUT2D eigenvalue weighted by atomic mass is 10.1. The largest absolute Gasteiger partial charge is 0.350 e. The second-order valence-corrected chi connectivity index (χ2v) is 5.77.